The summed E-state index contributed by atoms with van der Waals surface area (Å²) in [4.78, 5) is 8.89. The van der Waals surface area contributed by atoms with Crippen molar-refractivity contribution in [2.45, 2.75) is 32.9 Å². The van der Waals surface area contributed by atoms with Crippen molar-refractivity contribution in [2.24, 2.45) is 9.98 Å². The summed E-state index contributed by atoms with van der Waals surface area (Å²) in [5, 5.41) is 19.5. The van der Waals surface area contributed by atoms with Gasteiger partial charge in [0, 0.05) is 100 Å². The molecule has 133 valence electrons. The molecular weight excluding hydrogens is 521 g/mol. The SMILES string of the molecule is Cc1ccc(O)c(C=NC(C)C(C)N=Cc2c[c-]ccc2O)c1.[Mn].[Y].[Y]. The van der Waals surface area contributed by atoms with Crippen LogP contribution in [0.1, 0.15) is 30.5 Å². The van der Waals surface area contributed by atoms with Crippen LogP contribution in [0.15, 0.2) is 46.4 Å². The summed E-state index contributed by atoms with van der Waals surface area (Å²) in [5.41, 5.74) is 2.40. The molecule has 4 nitrogen and oxygen atoms in total. The second kappa shape index (κ2) is 14.2. The minimum absolute atomic E-state index is 0. The monoisotopic (exact) mass is 542 g/mol. The number of phenolic OH excluding ortho intramolecular Hbond substituents is 2. The topological polar surface area (TPSA) is 65.2 Å². The first-order valence-corrected chi connectivity index (χ1v) is 7.52. The largest absolute Gasteiger partial charge is 0.533 e. The summed E-state index contributed by atoms with van der Waals surface area (Å²) >= 11 is 0. The van der Waals surface area contributed by atoms with Crippen molar-refractivity contribution in [3.63, 3.8) is 0 Å². The molecule has 0 aliphatic heterocycles. The summed E-state index contributed by atoms with van der Waals surface area (Å²) in [6.45, 7) is 5.89. The minimum Gasteiger partial charge on any atom is -0.533 e. The molecule has 0 fully saturated rings. The van der Waals surface area contributed by atoms with Crippen molar-refractivity contribution in [1.82, 2.24) is 0 Å². The van der Waals surface area contributed by atoms with Crippen LogP contribution in [0.3, 0.4) is 0 Å². The van der Waals surface area contributed by atoms with Crippen LogP contribution < -0.4 is 0 Å². The number of aliphatic imine (C=N–C) groups is 2. The fraction of sp³-hybridized carbons (Fsp3) is 0.263. The Bertz CT molecular complexity index is 739. The normalized spacial score (nSPS) is 12.7. The number of nitrogens with zero attached hydrogens (tertiary/aromatic N) is 2. The molecule has 0 aromatic heterocycles. The predicted octanol–water partition coefficient (Wildman–Crippen LogP) is 3.51. The van der Waals surface area contributed by atoms with E-state index in [1.807, 2.05) is 32.9 Å². The molecular formula is C19H21MnN2O2Y2-. The zero-order valence-corrected chi connectivity index (χ0v) is 22.0. The molecule has 0 heterocycles. The number of hydrogen-bond acceptors (Lipinski definition) is 4. The first-order chi connectivity index (χ1) is 11.0. The van der Waals surface area contributed by atoms with Crippen molar-refractivity contribution in [1.29, 1.82) is 0 Å². The summed E-state index contributed by atoms with van der Waals surface area (Å²) in [5.74, 6) is 0.396. The standard InChI is InChI=1S/C19H21N2O2.Mn.2Y/c1-13-8-9-19(23)17(10-13)12-21-15(3)14(2)20-11-16-6-4-5-7-18(16)22;;;/h5-12,14-15,22-23H,1-3H3;;;/q-1;;;. The molecule has 2 atom stereocenters. The number of benzene rings is 2. The van der Waals surface area contributed by atoms with E-state index < -0.39 is 0 Å². The van der Waals surface area contributed by atoms with Gasteiger partial charge in [0.25, 0.3) is 0 Å². The second-order valence-electron chi connectivity index (χ2n) is 5.58. The molecule has 0 saturated carbocycles. The van der Waals surface area contributed by atoms with Crippen molar-refractivity contribution < 1.29 is 92.7 Å². The minimum atomic E-state index is -0.0576. The van der Waals surface area contributed by atoms with Gasteiger partial charge in [-0.2, -0.15) is 18.2 Å². The number of aryl methyl sites for hydroxylation is 1. The van der Waals surface area contributed by atoms with E-state index in [1.54, 1.807) is 36.7 Å². The Kier molecular flexibility index (Phi) is 15.4. The Morgan fingerprint density at radius 3 is 2.04 bits per heavy atom. The van der Waals surface area contributed by atoms with Crippen molar-refractivity contribution >= 4 is 12.4 Å². The number of rotatable bonds is 5. The van der Waals surface area contributed by atoms with E-state index in [1.165, 1.54) is 0 Å². The molecule has 0 aliphatic carbocycles. The molecule has 0 spiro atoms. The van der Waals surface area contributed by atoms with E-state index in [4.69, 9.17) is 0 Å². The van der Waals surface area contributed by atoms with Gasteiger partial charge in [0.2, 0.25) is 0 Å². The smallest absolute Gasteiger partial charge is 0.124 e. The van der Waals surface area contributed by atoms with E-state index in [2.05, 4.69) is 16.1 Å². The maximum Gasteiger partial charge on any atom is 0.124 e. The van der Waals surface area contributed by atoms with Crippen LogP contribution in [0, 0.1) is 13.0 Å². The summed E-state index contributed by atoms with van der Waals surface area (Å²) in [6.07, 6.45) is 3.31. The number of phenols is 2. The maximum absolute atomic E-state index is 9.82. The first kappa shape index (κ1) is 28.3. The van der Waals surface area contributed by atoms with Gasteiger partial charge >= 0.3 is 0 Å². The van der Waals surface area contributed by atoms with E-state index in [-0.39, 0.29) is 106 Å². The molecule has 3 radical (unpaired) electrons. The molecule has 0 amide bonds. The Hall–Kier alpha value is 0.107. The van der Waals surface area contributed by atoms with Gasteiger partial charge in [0.15, 0.2) is 0 Å². The predicted molar refractivity (Wildman–Crippen MR) is 93.9 cm³/mol. The fourth-order valence-corrected chi connectivity index (χ4v) is 1.96. The Balaban J connectivity index is 0. The van der Waals surface area contributed by atoms with Crippen molar-refractivity contribution in [3.8, 4) is 11.5 Å². The van der Waals surface area contributed by atoms with Gasteiger partial charge < -0.3 is 15.2 Å². The maximum atomic E-state index is 9.82. The molecule has 2 rings (SSSR count). The van der Waals surface area contributed by atoms with Gasteiger partial charge in [-0.15, -0.1) is 6.07 Å². The van der Waals surface area contributed by atoms with Gasteiger partial charge in [-0.1, -0.05) is 17.2 Å². The van der Waals surface area contributed by atoms with Gasteiger partial charge in [0.05, 0.1) is 12.1 Å². The Morgan fingerprint density at radius 2 is 1.46 bits per heavy atom. The molecule has 2 N–H and O–H groups in total. The third-order valence-corrected chi connectivity index (χ3v) is 3.65. The second-order valence-corrected chi connectivity index (χ2v) is 5.58. The van der Waals surface area contributed by atoms with Crippen LogP contribution in [0.5, 0.6) is 11.5 Å². The summed E-state index contributed by atoms with van der Waals surface area (Å²) in [6, 6.07) is 13.1. The average molecular weight is 542 g/mol. The molecule has 0 bridgehead atoms. The van der Waals surface area contributed by atoms with E-state index in [0.717, 1.165) is 5.56 Å². The zero-order valence-electron chi connectivity index (χ0n) is 15.1. The molecule has 0 aliphatic rings. The van der Waals surface area contributed by atoms with Crippen LogP contribution in [0.25, 0.3) is 0 Å². The zero-order chi connectivity index (χ0) is 16.8. The average Bonchev–Trinajstić information content (AvgIpc) is 2.54. The number of aromatic hydroxyl groups is 2. The van der Waals surface area contributed by atoms with Crippen LogP contribution in [-0.2, 0) is 82.5 Å². The van der Waals surface area contributed by atoms with Crippen LogP contribution >= 0.6 is 0 Å². The van der Waals surface area contributed by atoms with Crippen LogP contribution in [0.4, 0.5) is 0 Å². The van der Waals surface area contributed by atoms with Crippen LogP contribution in [0.2, 0.25) is 0 Å². The third-order valence-electron chi connectivity index (χ3n) is 3.65. The molecule has 2 aromatic carbocycles. The van der Waals surface area contributed by atoms with Gasteiger partial charge in [-0.25, -0.2) is 0 Å². The van der Waals surface area contributed by atoms with Gasteiger partial charge in [-0.3, -0.25) is 4.99 Å². The van der Waals surface area contributed by atoms with Crippen molar-refractivity contribution in [2.75, 3.05) is 0 Å². The fourth-order valence-electron chi connectivity index (χ4n) is 1.96. The molecule has 7 heteroatoms. The van der Waals surface area contributed by atoms with Crippen molar-refractivity contribution in [3.05, 3.63) is 59.2 Å². The first-order valence-electron chi connectivity index (χ1n) is 7.52. The summed E-state index contributed by atoms with van der Waals surface area (Å²) < 4.78 is 0. The molecule has 26 heavy (non-hydrogen) atoms. The molecule has 2 unspecified atom stereocenters. The van der Waals surface area contributed by atoms with E-state index in [0.29, 0.717) is 11.1 Å². The molecule has 0 saturated heterocycles. The molecule has 2 aromatic rings. The van der Waals surface area contributed by atoms with E-state index in [9.17, 15) is 10.2 Å². The quantitative estimate of drug-likeness (QED) is 0.346. The summed E-state index contributed by atoms with van der Waals surface area (Å²) in [7, 11) is 0. The van der Waals surface area contributed by atoms with Gasteiger partial charge in [-0.05, 0) is 39.1 Å². The Morgan fingerprint density at radius 1 is 0.923 bits per heavy atom. The third kappa shape index (κ3) is 8.86. The van der Waals surface area contributed by atoms with Gasteiger partial charge in [0.1, 0.15) is 5.75 Å². The number of hydrogen-bond donors (Lipinski definition) is 2. The van der Waals surface area contributed by atoms with Crippen LogP contribution in [-0.4, -0.2) is 34.7 Å². The van der Waals surface area contributed by atoms with E-state index >= 15 is 0 Å². The Labute approximate surface area is 216 Å².